The van der Waals surface area contributed by atoms with E-state index in [1.165, 1.54) is 24.1 Å². The zero-order chi connectivity index (χ0) is 48.1. The molecule has 5 aromatic rings. The molecule has 11 rings (SSSR count). The predicted octanol–water partition coefficient (Wildman–Crippen LogP) is 8.35. The summed E-state index contributed by atoms with van der Waals surface area (Å²) in [6, 6.07) is 22.6. The fourth-order valence-electron chi connectivity index (χ4n) is 11.9. The topological polar surface area (TPSA) is 194 Å². The van der Waals surface area contributed by atoms with Crippen LogP contribution in [-0.4, -0.2) is 112 Å². The molecule has 1 spiro atoms. The third kappa shape index (κ3) is 9.14. The summed E-state index contributed by atoms with van der Waals surface area (Å²) in [5, 5.41) is 16.3. The number of fused-ring (bicyclic) bond motifs is 3. The number of nitro groups is 1. The summed E-state index contributed by atoms with van der Waals surface area (Å²) in [5.41, 5.74) is 4.19. The molecule has 370 valence electrons. The molecule has 0 bridgehead atoms. The van der Waals surface area contributed by atoms with Gasteiger partial charge in [-0.25, -0.2) is 13.1 Å². The maximum atomic E-state index is 14.6. The normalized spacial score (nSPS) is 22.9. The molecule has 3 N–H and O–H groups in total. The molecule has 18 heteroatoms. The molecule has 0 unspecified atom stereocenters. The molecular weight excluding hydrogens is 913 g/mol. The van der Waals surface area contributed by atoms with Crippen LogP contribution in [0.15, 0.2) is 83.9 Å². The number of carbonyl (C=O) groups is 1. The quantitative estimate of drug-likeness (QED) is 0.0753. The number of ether oxygens (including phenoxy) is 4. The Morgan fingerprint density at radius 3 is 2.59 bits per heavy atom. The first-order valence-corrected chi connectivity index (χ1v) is 26.5. The number of likely N-dealkylation sites (tertiary alicyclic amines) is 1. The van der Waals surface area contributed by atoms with Crippen molar-refractivity contribution in [1.82, 2.24) is 19.6 Å². The first kappa shape index (κ1) is 46.4. The van der Waals surface area contributed by atoms with E-state index in [-0.39, 0.29) is 40.7 Å². The van der Waals surface area contributed by atoms with E-state index >= 15 is 0 Å². The highest BCUT2D eigenvalue weighted by molar-refractivity contribution is 7.90. The third-order valence-corrected chi connectivity index (χ3v) is 17.0. The molecule has 1 aliphatic carbocycles. The molecule has 5 aliphatic heterocycles. The Morgan fingerprint density at radius 2 is 1.79 bits per heavy atom. The summed E-state index contributed by atoms with van der Waals surface area (Å²) >= 11 is 0. The van der Waals surface area contributed by atoms with Crippen molar-refractivity contribution in [1.29, 1.82) is 0 Å². The third-order valence-electron chi connectivity index (χ3n) is 15.7. The second kappa shape index (κ2) is 19.0. The average molecular weight is 975 g/mol. The number of benzene rings is 3. The minimum Gasteiger partial charge on any atom is -0.491 e. The van der Waals surface area contributed by atoms with Crippen molar-refractivity contribution in [2.75, 3.05) is 74.3 Å². The summed E-state index contributed by atoms with van der Waals surface area (Å²) in [5.74, 6) is 0.693. The number of rotatable bonds is 13. The van der Waals surface area contributed by atoms with Crippen LogP contribution in [0.2, 0.25) is 0 Å². The number of para-hydroxylation sites is 1. The molecule has 3 aromatic carbocycles. The summed E-state index contributed by atoms with van der Waals surface area (Å²) < 4.78 is 54.7. The number of piperidine rings is 1. The number of H-pyrrole nitrogens is 1. The van der Waals surface area contributed by atoms with E-state index in [4.69, 9.17) is 23.9 Å². The summed E-state index contributed by atoms with van der Waals surface area (Å²) in [6.07, 6.45) is 10.0. The van der Waals surface area contributed by atoms with Crippen LogP contribution in [0.4, 0.5) is 28.4 Å². The number of aromatic amines is 1. The van der Waals surface area contributed by atoms with Crippen molar-refractivity contribution in [2.45, 2.75) is 94.4 Å². The van der Waals surface area contributed by atoms with Gasteiger partial charge in [0.1, 0.15) is 28.9 Å². The Kier molecular flexibility index (Phi) is 12.6. The molecule has 0 radical (unpaired) electrons. The van der Waals surface area contributed by atoms with Gasteiger partial charge in [-0.1, -0.05) is 18.2 Å². The van der Waals surface area contributed by atoms with E-state index in [2.05, 4.69) is 62.9 Å². The fourth-order valence-corrected chi connectivity index (χ4v) is 12.9. The number of nitro benzene ring substituents is 1. The molecule has 17 nitrogen and oxygen atoms in total. The number of nitrogens with one attached hydrogen (secondary N) is 3. The zero-order valence-electron chi connectivity index (χ0n) is 39.8. The summed E-state index contributed by atoms with van der Waals surface area (Å²) in [7, 11) is -4.59. The summed E-state index contributed by atoms with van der Waals surface area (Å²) in [6.45, 7) is 9.91. The van der Waals surface area contributed by atoms with Gasteiger partial charge in [0.2, 0.25) is 5.88 Å². The fraction of sp³-hybridized carbons (Fsp3) is 0.500. The van der Waals surface area contributed by atoms with Gasteiger partial charge in [-0.05, 0) is 132 Å². The predicted molar refractivity (Wildman–Crippen MR) is 266 cm³/mol. The van der Waals surface area contributed by atoms with Crippen molar-refractivity contribution < 1.29 is 37.1 Å². The number of nitrogens with zero attached hydrogens (tertiary/aromatic N) is 5. The number of carbonyl (C=O) groups excluding carboxylic acids is 1. The minimum absolute atomic E-state index is 0.0808. The maximum absolute atomic E-state index is 14.6. The van der Waals surface area contributed by atoms with Gasteiger partial charge in [0.25, 0.3) is 21.6 Å². The van der Waals surface area contributed by atoms with Crippen molar-refractivity contribution in [2.24, 2.45) is 17.3 Å². The highest BCUT2D eigenvalue weighted by Crippen LogP contribution is 2.55. The molecule has 1 saturated carbocycles. The van der Waals surface area contributed by atoms with Gasteiger partial charge >= 0.3 is 0 Å². The Balaban J connectivity index is 0.862. The lowest BCUT2D eigenvalue weighted by molar-refractivity contribution is -0.384. The number of aromatic nitrogens is 2. The molecular formula is C52H62N8O9S. The number of hydrogen-bond donors (Lipinski definition) is 3. The van der Waals surface area contributed by atoms with Crippen molar-refractivity contribution in [3.05, 3.63) is 100 Å². The highest BCUT2D eigenvalue weighted by Gasteiger charge is 2.50. The van der Waals surface area contributed by atoms with Crippen LogP contribution >= 0.6 is 0 Å². The van der Waals surface area contributed by atoms with Crippen molar-refractivity contribution in [3.63, 3.8) is 0 Å². The van der Waals surface area contributed by atoms with Crippen LogP contribution in [0.25, 0.3) is 11.0 Å². The monoisotopic (exact) mass is 974 g/mol. The van der Waals surface area contributed by atoms with Gasteiger partial charge in [0.05, 0.1) is 40.4 Å². The van der Waals surface area contributed by atoms with Crippen LogP contribution in [-0.2, 0) is 19.5 Å². The number of sulfonamides is 1. The van der Waals surface area contributed by atoms with Crippen LogP contribution in [0.1, 0.15) is 87.2 Å². The molecule has 2 aromatic heterocycles. The molecule has 1 amide bonds. The van der Waals surface area contributed by atoms with E-state index in [0.29, 0.717) is 74.5 Å². The van der Waals surface area contributed by atoms with Gasteiger partial charge in [-0.2, -0.15) is 4.98 Å². The lowest BCUT2D eigenvalue weighted by atomic mass is 9.60. The number of hydrogen-bond acceptors (Lipinski definition) is 14. The number of amides is 1. The maximum Gasteiger partial charge on any atom is 0.293 e. The minimum atomic E-state index is -4.59. The van der Waals surface area contributed by atoms with Crippen LogP contribution < -0.4 is 29.3 Å². The first-order chi connectivity index (χ1) is 33.9. The highest BCUT2D eigenvalue weighted by atomic mass is 32.2. The van der Waals surface area contributed by atoms with Crippen molar-refractivity contribution in [3.8, 4) is 11.6 Å². The SMILES string of the molecule is CC(C)Oc1ccccc1[C@@H]1CCCN1C1CC2(CCN(c3ccc(C(=O)NS(=O)(=O)c4ccc(NCC5CCOCC5)c([N+](=O)[O-])c4)c(N4C[C@@H]5COC[C@H]5Oc5nc6[nH]ccc6cc54)c3)CC2)C1. The Hall–Kier alpha value is -5.95. The Labute approximate surface area is 408 Å². The van der Waals surface area contributed by atoms with Crippen molar-refractivity contribution >= 4 is 55.4 Å². The second-order valence-electron chi connectivity index (χ2n) is 20.5. The van der Waals surface area contributed by atoms with E-state index in [9.17, 15) is 23.3 Å². The Morgan fingerprint density at radius 1 is 0.971 bits per heavy atom. The van der Waals surface area contributed by atoms with Gasteiger partial charge in [-0.15, -0.1) is 0 Å². The van der Waals surface area contributed by atoms with E-state index in [0.717, 1.165) is 87.5 Å². The van der Waals surface area contributed by atoms with E-state index < -0.39 is 31.4 Å². The molecule has 4 saturated heterocycles. The molecule has 5 fully saturated rings. The molecule has 6 aliphatic rings. The number of pyridine rings is 1. The molecule has 7 heterocycles. The first-order valence-electron chi connectivity index (χ1n) is 25.0. The lowest BCUT2D eigenvalue weighted by Crippen LogP contribution is -2.54. The van der Waals surface area contributed by atoms with Gasteiger partial charge in [0.15, 0.2) is 0 Å². The van der Waals surface area contributed by atoms with E-state index in [1.807, 2.05) is 35.4 Å². The largest absolute Gasteiger partial charge is 0.491 e. The second-order valence-corrected chi connectivity index (χ2v) is 22.1. The number of anilines is 4. The molecule has 70 heavy (non-hydrogen) atoms. The zero-order valence-corrected chi connectivity index (χ0v) is 40.6. The van der Waals surface area contributed by atoms with Crippen LogP contribution in [0.3, 0.4) is 0 Å². The Bertz CT molecular complexity index is 2870. The van der Waals surface area contributed by atoms with E-state index in [1.54, 1.807) is 6.07 Å². The van der Waals surface area contributed by atoms with Gasteiger partial charge in [0, 0.05) is 86.3 Å². The smallest absolute Gasteiger partial charge is 0.293 e. The van der Waals surface area contributed by atoms with Crippen LogP contribution in [0, 0.1) is 27.4 Å². The average Bonchev–Trinajstić information content (AvgIpc) is 4.12. The van der Waals surface area contributed by atoms with Gasteiger partial charge in [-0.3, -0.25) is 19.8 Å². The molecule has 3 atom stereocenters. The van der Waals surface area contributed by atoms with Gasteiger partial charge < -0.3 is 39.0 Å². The standard InChI is InChI=1S/C52H62N8O9S/c1-33(2)68-47-8-4-3-6-40(47)43-7-5-19-58(43)38-27-52(28-38)16-20-57(21-17-52)37-9-11-41(44(25-37)59-30-36-31-67-32-48(36)69-51-46(59)24-35-13-18-53-49(35)55-51)50(61)56-70(64,65)39-10-12-42(45(26-39)60(62)63)54-29-34-14-22-66-23-15-34/h3-4,6,8-13,18,24-26,33-34,36,38,43,48,54H,5,7,14-17,19-23,27-32H2,1-2H3,(H,53,55)(H,56,61)/t36-,43+,48-/m1/s1. The lowest BCUT2D eigenvalue weighted by Gasteiger charge is -2.56. The summed E-state index contributed by atoms with van der Waals surface area (Å²) in [4.78, 5) is 41.1. The van der Waals surface area contributed by atoms with Crippen LogP contribution in [0.5, 0.6) is 11.6 Å².